The van der Waals surface area contributed by atoms with Gasteiger partial charge < -0.3 is 10.8 Å². The zero-order valence-electron chi connectivity index (χ0n) is 11.1. The number of rotatable bonds is 3. The van der Waals surface area contributed by atoms with Crippen molar-refractivity contribution in [2.45, 2.75) is 45.6 Å². The van der Waals surface area contributed by atoms with Crippen LogP contribution in [0.1, 0.15) is 48.5 Å². The highest BCUT2D eigenvalue weighted by atomic mass is 79.9. The van der Waals surface area contributed by atoms with Crippen molar-refractivity contribution in [2.24, 2.45) is 17.1 Å². The Balaban J connectivity index is 2.26. The fourth-order valence-electron chi connectivity index (χ4n) is 3.16. The van der Waals surface area contributed by atoms with Gasteiger partial charge in [-0.05, 0) is 47.7 Å². The minimum atomic E-state index is -0.416. The molecule has 1 aromatic rings. The summed E-state index contributed by atoms with van der Waals surface area (Å²) in [5.41, 5.74) is 5.90. The number of aryl methyl sites for hydroxylation is 1. The summed E-state index contributed by atoms with van der Waals surface area (Å²) in [6, 6.07) is 2.06. The van der Waals surface area contributed by atoms with Crippen molar-refractivity contribution < 1.29 is 5.11 Å². The Morgan fingerprint density at radius 2 is 2.39 bits per heavy atom. The van der Waals surface area contributed by atoms with Gasteiger partial charge in [0.2, 0.25) is 0 Å². The normalized spacial score (nSPS) is 30.4. The van der Waals surface area contributed by atoms with E-state index >= 15 is 0 Å². The number of hydrogen-bond acceptors (Lipinski definition) is 3. The van der Waals surface area contributed by atoms with Crippen molar-refractivity contribution in [1.29, 1.82) is 0 Å². The van der Waals surface area contributed by atoms with E-state index in [0.29, 0.717) is 12.5 Å². The second kappa shape index (κ2) is 5.61. The third-order valence-corrected chi connectivity index (χ3v) is 6.45. The van der Waals surface area contributed by atoms with Crippen LogP contribution in [0.2, 0.25) is 0 Å². The maximum absolute atomic E-state index is 10.8. The van der Waals surface area contributed by atoms with Gasteiger partial charge in [0.15, 0.2) is 0 Å². The van der Waals surface area contributed by atoms with Crippen molar-refractivity contribution in [3.05, 3.63) is 20.3 Å². The van der Waals surface area contributed by atoms with Crippen LogP contribution < -0.4 is 5.73 Å². The molecule has 2 nitrogen and oxygen atoms in total. The van der Waals surface area contributed by atoms with E-state index in [0.717, 1.165) is 22.2 Å². The highest BCUT2D eigenvalue weighted by Crippen LogP contribution is 2.49. The second-order valence-corrected chi connectivity index (χ2v) is 7.87. The molecule has 3 N–H and O–H groups in total. The van der Waals surface area contributed by atoms with Gasteiger partial charge in [-0.15, -0.1) is 11.3 Å². The van der Waals surface area contributed by atoms with Crippen LogP contribution in [-0.2, 0) is 0 Å². The summed E-state index contributed by atoms with van der Waals surface area (Å²) in [6.45, 7) is 4.92. The number of hydrogen-bond donors (Lipinski definition) is 2. The molecular formula is C14H22BrNOS. The number of nitrogens with two attached hydrogens (primary N) is 1. The first-order valence-electron chi connectivity index (χ1n) is 6.62. The number of aliphatic hydroxyl groups excluding tert-OH is 1. The first-order valence-corrected chi connectivity index (χ1v) is 8.23. The second-order valence-electron chi connectivity index (χ2n) is 5.72. The van der Waals surface area contributed by atoms with Crippen LogP contribution in [-0.4, -0.2) is 11.7 Å². The maximum Gasteiger partial charge on any atom is 0.0950 e. The van der Waals surface area contributed by atoms with E-state index in [4.69, 9.17) is 5.73 Å². The van der Waals surface area contributed by atoms with Gasteiger partial charge in [-0.1, -0.05) is 19.8 Å². The van der Waals surface area contributed by atoms with Crippen LogP contribution in [0.4, 0.5) is 0 Å². The molecule has 0 radical (unpaired) electrons. The fraction of sp³-hybridized carbons (Fsp3) is 0.714. The van der Waals surface area contributed by atoms with E-state index in [-0.39, 0.29) is 5.41 Å². The predicted octanol–water partition coefficient (Wildman–Crippen LogP) is 4.01. The summed E-state index contributed by atoms with van der Waals surface area (Å²) < 4.78 is 1.09. The van der Waals surface area contributed by atoms with Crippen molar-refractivity contribution in [3.8, 4) is 0 Å². The first-order chi connectivity index (χ1) is 8.48. The Morgan fingerprint density at radius 1 is 1.67 bits per heavy atom. The lowest BCUT2D eigenvalue weighted by Gasteiger charge is -2.42. The largest absolute Gasteiger partial charge is 0.387 e. The van der Waals surface area contributed by atoms with Crippen molar-refractivity contribution in [1.82, 2.24) is 0 Å². The molecule has 0 saturated heterocycles. The zero-order valence-corrected chi connectivity index (χ0v) is 13.5. The van der Waals surface area contributed by atoms with Crippen LogP contribution >= 0.6 is 27.3 Å². The molecule has 1 fully saturated rings. The summed E-state index contributed by atoms with van der Waals surface area (Å²) in [5.74, 6) is 0.668. The fourth-order valence-corrected chi connectivity index (χ4v) is 4.85. The van der Waals surface area contributed by atoms with E-state index in [1.165, 1.54) is 17.7 Å². The summed E-state index contributed by atoms with van der Waals surface area (Å²) in [4.78, 5) is 2.28. The molecule has 0 amide bonds. The summed E-state index contributed by atoms with van der Waals surface area (Å²) in [5, 5.41) is 10.8. The molecule has 0 spiro atoms. The predicted molar refractivity (Wildman–Crippen MR) is 80.8 cm³/mol. The standard InChI is InChI=1S/C14H22BrNOS/c1-9-4-3-5-14(7-9,8-16)13(17)12-6-11(15)10(2)18-12/h6,9,13,17H,3-5,7-8,16H2,1-2H3. The van der Waals surface area contributed by atoms with Gasteiger partial charge >= 0.3 is 0 Å². The lowest BCUT2D eigenvalue weighted by Crippen LogP contribution is -2.40. The van der Waals surface area contributed by atoms with Gasteiger partial charge in [0.25, 0.3) is 0 Å². The Morgan fingerprint density at radius 3 is 2.89 bits per heavy atom. The quantitative estimate of drug-likeness (QED) is 0.879. The lowest BCUT2D eigenvalue weighted by molar-refractivity contribution is -0.0108. The number of halogens is 1. The smallest absolute Gasteiger partial charge is 0.0950 e. The van der Waals surface area contributed by atoms with E-state index in [9.17, 15) is 5.11 Å². The minimum Gasteiger partial charge on any atom is -0.387 e. The van der Waals surface area contributed by atoms with E-state index in [2.05, 4.69) is 35.8 Å². The van der Waals surface area contributed by atoms with Gasteiger partial charge in [0.05, 0.1) is 6.10 Å². The number of aliphatic hydroxyl groups is 1. The van der Waals surface area contributed by atoms with Crippen molar-refractivity contribution in [3.63, 3.8) is 0 Å². The van der Waals surface area contributed by atoms with Crippen LogP contribution in [0.15, 0.2) is 10.5 Å². The first kappa shape index (κ1) is 14.5. The highest BCUT2D eigenvalue weighted by molar-refractivity contribution is 9.10. The van der Waals surface area contributed by atoms with Gasteiger partial charge in [-0.3, -0.25) is 0 Å². The number of thiophene rings is 1. The van der Waals surface area contributed by atoms with Gasteiger partial charge in [-0.25, -0.2) is 0 Å². The molecule has 1 heterocycles. The summed E-state index contributed by atoms with van der Waals surface area (Å²) in [6.07, 6.45) is 4.12. The van der Waals surface area contributed by atoms with Crippen LogP contribution in [0.3, 0.4) is 0 Å². The average Bonchev–Trinajstić information content (AvgIpc) is 2.68. The molecule has 1 aliphatic rings. The van der Waals surface area contributed by atoms with E-state index < -0.39 is 6.10 Å². The third-order valence-electron chi connectivity index (χ3n) is 4.26. The Kier molecular flexibility index (Phi) is 4.52. The summed E-state index contributed by atoms with van der Waals surface area (Å²) >= 11 is 5.21. The molecule has 4 heteroatoms. The molecule has 1 aromatic heterocycles. The molecule has 1 saturated carbocycles. The monoisotopic (exact) mass is 331 g/mol. The Bertz CT molecular complexity index is 400. The average molecular weight is 332 g/mol. The third kappa shape index (κ3) is 2.67. The Labute approximate surface area is 122 Å². The molecule has 1 aliphatic carbocycles. The molecule has 3 unspecified atom stereocenters. The van der Waals surface area contributed by atoms with Crippen molar-refractivity contribution in [2.75, 3.05) is 6.54 Å². The molecule has 0 bridgehead atoms. The maximum atomic E-state index is 10.8. The molecule has 0 aliphatic heterocycles. The molecule has 102 valence electrons. The summed E-state index contributed by atoms with van der Waals surface area (Å²) in [7, 11) is 0. The molecule has 0 aromatic carbocycles. The molecule has 18 heavy (non-hydrogen) atoms. The topological polar surface area (TPSA) is 46.2 Å². The van der Waals surface area contributed by atoms with Gasteiger partial charge in [-0.2, -0.15) is 0 Å². The van der Waals surface area contributed by atoms with Crippen molar-refractivity contribution >= 4 is 27.3 Å². The minimum absolute atomic E-state index is 0.117. The van der Waals surface area contributed by atoms with E-state index in [1.54, 1.807) is 11.3 Å². The lowest BCUT2D eigenvalue weighted by atomic mass is 9.66. The Hall–Kier alpha value is 0.100. The molecule has 2 rings (SSSR count). The van der Waals surface area contributed by atoms with Crippen LogP contribution in [0.5, 0.6) is 0 Å². The SMILES string of the molecule is Cc1sc(C(O)C2(CN)CCCC(C)C2)cc1Br. The van der Waals surface area contributed by atoms with Gasteiger partial charge in [0, 0.05) is 26.2 Å². The van der Waals surface area contributed by atoms with Crippen LogP contribution in [0, 0.1) is 18.3 Å². The van der Waals surface area contributed by atoms with E-state index in [1.807, 2.05) is 0 Å². The van der Waals surface area contributed by atoms with Crippen LogP contribution in [0.25, 0.3) is 0 Å². The zero-order chi connectivity index (χ0) is 13.3. The van der Waals surface area contributed by atoms with Gasteiger partial charge in [0.1, 0.15) is 0 Å². The highest BCUT2D eigenvalue weighted by Gasteiger charge is 2.41. The molecular weight excluding hydrogens is 310 g/mol. The molecule has 3 atom stereocenters.